The van der Waals surface area contributed by atoms with Gasteiger partial charge in [0.25, 0.3) is 0 Å². The van der Waals surface area contributed by atoms with Gasteiger partial charge in [-0.3, -0.25) is 9.59 Å². The fourth-order valence-corrected chi connectivity index (χ4v) is 5.48. The summed E-state index contributed by atoms with van der Waals surface area (Å²) in [6, 6.07) is 19.4. The molecule has 208 valence electrons. The molecule has 0 aliphatic carbocycles. The first-order chi connectivity index (χ1) is 18.7. The monoisotopic (exact) mass is 567 g/mol. The van der Waals surface area contributed by atoms with Gasteiger partial charge in [0, 0.05) is 61.3 Å². The van der Waals surface area contributed by atoms with Gasteiger partial charge in [0.2, 0.25) is 11.8 Å². The Morgan fingerprint density at radius 3 is 2.41 bits per heavy atom. The zero-order valence-electron chi connectivity index (χ0n) is 22.7. The van der Waals surface area contributed by atoms with Gasteiger partial charge < -0.3 is 26.2 Å². The van der Waals surface area contributed by atoms with Gasteiger partial charge in [0.1, 0.15) is 6.04 Å². The van der Waals surface area contributed by atoms with Crippen LogP contribution in [-0.2, 0) is 29.0 Å². The summed E-state index contributed by atoms with van der Waals surface area (Å²) in [7, 11) is 0. The highest BCUT2D eigenvalue weighted by Gasteiger charge is 2.32. The van der Waals surface area contributed by atoms with Crippen molar-refractivity contribution >= 4 is 40.4 Å². The first-order valence-corrected chi connectivity index (χ1v) is 14.7. The molecule has 39 heavy (non-hydrogen) atoms. The van der Waals surface area contributed by atoms with Crippen molar-refractivity contribution in [3.63, 3.8) is 0 Å². The quantitative estimate of drug-likeness (QED) is 0.306. The highest BCUT2D eigenvalue weighted by atomic mass is 35.5. The lowest BCUT2D eigenvalue weighted by atomic mass is 10.0. The normalized spacial score (nSPS) is 14.8. The SMILES string of the molecule is CC(C)(N)C(=O)N[C@H](Cc1ccc(Cl)cc1)C(=O)N1CCN(c2ccccc2CNCCc2cccs2)CC1. The first kappa shape index (κ1) is 29.1. The molecule has 1 aliphatic heterocycles. The number of hydrogen-bond donors (Lipinski definition) is 3. The number of rotatable bonds is 11. The number of carbonyl (C=O) groups is 2. The van der Waals surface area contributed by atoms with Gasteiger partial charge in [-0.15, -0.1) is 11.3 Å². The molecule has 3 aromatic rings. The highest BCUT2D eigenvalue weighted by molar-refractivity contribution is 7.09. The van der Waals surface area contributed by atoms with Crippen LogP contribution in [0.25, 0.3) is 0 Å². The van der Waals surface area contributed by atoms with Crippen LogP contribution in [-0.4, -0.2) is 61.0 Å². The number of nitrogens with two attached hydrogens (primary N) is 1. The van der Waals surface area contributed by atoms with E-state index in [1.54, 1.807) is 37.3 Å². The summed E-state index contributed by atoms with van der Waals surface area (Å²) in [6.45, 7) is 7.61. The molecular formula is C30H38ClN5O2S. The number of thiophene rings is 1. The van der Waals surface area contributed by atoms with Crippen molar-refractivity contribution in [3.8, 4) is 0 Å². The maximum absolute atomic E-state index is 13.6. The van der Waals surface area contributed by atoms with E-state index in [0.717, 1.165) is 38.2 Å². The van der Waals surface area contributed by atoms with Gasteiger partial charge >= 0.3 is 0 Å². The minimum atomic E-state index is -1.08. The molecule has 2 aromatic carbocycles. The second-order valence-electron chi connectivity index (χ2n) is 10.5. The number of nitrogens with zero attached hydrogens (tertiary/aromatic N) is 2. The molecule has 9 heteroatoms. The molecule has 0 spiro atoms. The second kappa shape index (κ2) is 13.4. The summed E-state index contributed by atoms with van der Waals surface area (Å²) < 4.78 is 0. The number of carbonyl (C=O) groups excluding carboxylic acids is 2. The smallest absolute Gasteiger partial charge is 0.245 e. The number of halogens is 1. The predicted octanol–water partition coefficient (Wildman–Crippen LogP) is 3.85. The third-order valence-corrected chi connectivity index (χ3v) is 8.10. The van der Waals surface area contributed by atoms with E-state index < -0.39 is 11.6 Å². The van der Waals surface area contributed by atoms with Crippen molar-refractivity contribution in [1.29, 1.82) is 0 Å². The Morgan fingerprint density at radius 2 is 1.74 bits per heavy atom. The summed E-state index contributed by atoms with van der Waals surface area (Å²) in [5.74, 6) is -0.445. The number of piperazine rings is 1. The second-order valence-corrected chi connectivity index (χ2v) is 12.0. The average Bonchev–Trinajstić information content (AvgIpc) is 3.45. The Morgan fingerprint density at radius 1 is 1.03 bits per heavy atom. The number of anilines is 1. The van der Waals surface area contributed by atoms with Crippen molar-refractivity contribution in [2.75, 3.05) is 37.6 Å². The summed E-state index contributed by atoms with van der Waals surface area (Å²) in [4.78, 5) is 31.9. The zero-order chi connectivity index (χ0) is 27.8. The molecule has 1 aliphatic rings. The van der Waals surface area contributed by atoms with E-state index in [1.165, 1.54) is 16.1 Å². The van der Waals surface area contributed by atoms with Crippen LogP contribution in [0.4, 0.5) is 5.69 Å². The van der Waals surface area contributed by atoms with Crippen molar-refractivity contribution in [2.45, 2.75) is 44.8 Å². The predicted molar refractivity (Wildman–Crippen MR) is 160 cm³/mol. The molecule has 0 unspecified atom stereocenters. The zero-order valence-corrected chi connectivity index (χ0v) is 24.2. The molecule has 2 amide bonds. The Bertz CT molecular complexity index is 1220. The molecule has 2 heterocycles. The molecule has 0 bridgehead atoms. The minimum Gasteiger partial charge on any atom is -0.368 e. The highest BCUT2D eigenvalue weighted by Crippen LogP contribution is 2.23. The third-order valence-electron chi connectivity index (χ3n) is 6.91. The maximum Gasteiger partial charge on any atom is 0.245 e. The van der Waals surface area contributed by atoms with Crippen LogP contribution in [0.5, 0.6) is 0 Å². The van der Waals surface area contributed by atoms with E-state index in [4.69, 9.17) is 17.3 Å². The topological polar surface area (TPSA) is 90.7 Å². The molecule has 0 radical (unpaired) electrons. The summed E-state index contributed by atoms with van der Waals surface area (Å²) in [5, 5.41) is 9.21. The Kier molecular flexibility index (Phi) is 10.0. The largest absolute Gasteiger partial charge is 0.368 e. The number of para-hydroxylation sites is 1. The van der Waals surface area contributed by atoms with Crippen LogP contribution in [0.2, 0.25) is 5.02 Å². The Hall–Kier alpha value is -2.91. The van der Waals surface area contributed by atoms with Crippen molar-refractivity contribution < 1.29 is 9.59 Å². The van der Waals surface area contributed by atoms with Crippen LogP contribution in [0.15, 0.2) is 66.0 Å². The summed E-state index contributed by atoms with van der Waals surface area (Å²) in [6.07, 6.45) is 1.40. The van der Waals surface area contributed by atoms with E-state index in [-0.39, 0.29) is 11.8 Å². The van der Waals surface area contributed by atoms with Gasteiger partial charge in [-0.05, 0) is 61.0 Å². The average molecular weight is 568 g/mol. The molecule has 4 N–H and O–H groups in total. The maximum atomic E-state index is 13.6. The van der Waals surface area contributed by atoms with Crippen LogP contribution < -0.4 is 21.3 Å². The minimum absolute atomic E-state index is 0.0919. The number of nitrogens with one attached hydrogen (secondary N) is 2. The van der Waals surface area contributed by atoms with E-state index in [0.29, 0.717) is 24.5 Å². The first-order valence-electron chi connectivity index (χ1n) is 13.4. The summed E-state index contributed by atoms with van der Waals surface area (Å²) >= 11 is 7.83. The van der Waals surface area contributed by atoms with Gasteiger partial charge in [0.15, 0.2) is 0 Å². The molecule has 7 nitrogen and oxygen atoms in total. The van der Waals surface area contributed by atoms with Gasteiger partial charge in [-0.2, -0.15) is 0 Å². The molecule has 0 saturated carbocycles. The lowest BCUT2D eigenvalue weighted by molar-refractivity contribution is -0.137. The van der Waals surface area contributed by atoms with Gasteiger partial charge in [0.05, 0.1) is 5.54 Å². The molecule has 4 rings (SSSR count). The Balaban J connectivity index is 1.37. The Labute approximate surface area is 240 Å². The molecule has 1 saturated heterocycles. The van der Waals surface area contributed by atoms with E-state index in [2.05, 4.69) is 57.3 Å². The van der Waals surface area contributed by atoms with Crippen molar-refractivity contribution in [3.05, 3.63) is 87.1 Å². The number of hydrogen-bond acceptors (Lipinski definition) is 6. The molecule has 1 fully saturated rings. The van der Waals surface area contributed by atoms with E-state index >= 15 is 0 Å². The third kappa shape index (κ3) is 8.29. The van der Waals surface area contributed by atoms with E-state index in [1.807, 2.05) is 17.0 Å². The van der Waals surface area contributed by atoms with Crippen LogP contribution in [0, 0.1) is 0 Å². The van der Waals surface area contributed by atoms with Crippen molar-refractivity contribution in [2.24, 2.45) is 5.73 Å². The van der Waals surface area contributed by atoms with E-state index in [9.17, 15) is 9.59 Å². The van der Waals surface area contributed by atoms with Crippen LogP contribution >= 0.6 is 22.9 Å². The molecule has 1 atom stereocenters. The fraction of sp³-hybridized carbons (Fsp3) is 0.400. The standard InChI is InChI=1S/C30H38ClN5O2S/c1-30(2,32)29(38)34-26(20-22-9-11-24(31)12-10-22)28(37)36-17-15-35(16-18-36)27-8-4-3-6-23(27)21-33-14-13-25-7-5-19-39-25/h3-12,19,26,33H,13-18,20-21,32H2,1-2H3,(H,34,38)/t26-/m1/s1. The van der Waals surface area contributed by atoms with Crippen LogP contribution in [0.3, 0.4) is 0 Å². The molecular weight excluding hydrogens is 530 g/mol. The van der Waals surface area contributed by atoms with Gasteiger partial charge in [-0.25, -0.2) is 0 Å². The van der Waals surface area contributed by atoms with Crippen molar-refractivity contribution in [1.82, 2.24) is 15.5 Å². The lowest BCUT2D eigenvalue weighted by Gasteiger charge is -2.38. The fourth-order valence-electron chi connectivity index (χ4n) is 4.65. The van der Waals surface area contributed by atoms with Gasteiger partial charge in [-0.1, -0.05) is 48.0 Å². The lowest BCUT2D eigenvalue weighted by Crippen LogP contribution is -2.59. The number of benzene rings is 2. The van der Waals surface area contributed by atoms with Crippen LogP contribution in [0.1, 0.15) is 29.9 Å². The summed E-state index contributed by atoms with van der Waals surface area (Å²) in [5.41, 5.74) is 8.31. The number of amides is 2. The molecule has 1 aromatic heterocycles.